The Balaban J connectivity index is 2.63. The molecule has 1 aromatic heterocycles. The highest BCUT2D eigenvalue weighted by Crippen LogP contribution is 2.27. The van der Waals surface area contributed by atoms with Gasteiger partial charge in [0.1, 0.15) is 5.82 Å². The maximum Gasteiger partial charge on any atom is 0.254 e. The van der Waals surface area contributed by atoms with Gasteiger partial charge in [0.2, 0.25) is 5.95 Å². The van der Waals surface area contributed by atoms with Crippen LogP contribution >= 0.6 is 0 Å². The molecule has 1 heterocycles. The van der Waals surface area contributed by atoms with Gasteiger partial charge in [-0.25, -0.2) is 4.98 Å². The Morgan fingerprint density at radius 2 is 2.35 bits per heavy atom. The molecule has 0 aliphatic heterocycles. The minimum absolute atomic E-state index is 0.0190. The summed E-state index contributed by atoms with van der Waals surface area (Å²) in [6.07, 6.45) is -9.79. The second-order valence-corrected chi connectivity index (χ2v) is 6.12. The van der Waals surface area contributed by atoms with Crippen molar-refractivity contribution in [1.82, 2.24) is 9.97 Å². The van der Waals surface area contributed by atoms with Crippen molar-refractivity contribution >= 4 is 17.7 Å². The molecule has 1 fully saturated rings. The zero-order chi connectivity index (χ0) is 25.1. The SMILES string of the molecule is [2H]C([2H])([2H])C1C([2H])([2H])CC([2H])(Nc2nc(NC(C)(C)C)ncc2C(N)=O)C([2H])([2H])C1([2H])O. The molecule has 1 aromatic rings. The van der Waals surface area contributed by atoms with Crippen LogP contribution in [-0.2, 0) is 0 Å². The Labute approximate surface area is 149 Å². The number of carbonyl (C=O) groups is 1. The lowest BCUT2D eigenvalue weighted by Gasteiger charge is -2.32. The topological polar surface area (TPSA) is 113 Å². The number of nitrogens with one attached hydrogen (secondary N) is 2. The van der Waals surface area contributed by atoms with Crippen LogP contribution in [-0.4, -0.2) is 38.6 Å². The molecule has 2 rings (SSSR count). The van der Waals surface area contributed by atoms with Crippen molar-refractivity contribution in [2.75, 3.05) is 10.6 Å². The van der Waals surface area contributed by atoms with Gasteiger partial charge in [0.15, 0.2) is 0 Å². The number of hydrogen-bond acceptors (Lipinski definition) is 6. The number of carbonyl (C=O) groups excluding carboxylic acids is 1. The summed E-state index contributed by atoms with van der Waals surface area (Å²) in [4.78, 5) is 19.9. The summed E-state index contributed by atoms with van der Waals surface area (Å²) in [6.45, 7) is 2.15. The lowest BCUT2D eigenvalue weighted by Crippen LogP contribution is -2.36. The summed E-state index contributed by atoms with van der Waals surface area (Å²) in [5, 5.41) is 15.8. The minimum atomic E-state index is -3.54. The van der Waals surface area contributed by atoms with Crippen LogP contribution < -0.4 is 16.4 Å². The van der Waals surface area contributed by atoms with Gasteiger partial charge < -0.3 is 21.5 Å². The van der Waals surface area contributed by atoms with Crippen molar-refractivity contribution in [1.29, 1.82) is 0 Å². The Morgan fingerprint density at radius 1 is 1.61 bits per heavy atom. The smallest absolute Gasteiger partial charge is 0.254 e. The molecular formula is C16H27N5O2. The number of amides is 1. The summed E-state index contributed by atoms with van der Waals surface area (Å²) in [5.41, 5.74) is 4.46. The molecule has 5 N–H and O–H groups in total. The van der Waals surface area contributed by atoms with E-state index >= 15 is 0 Å². The predicted octanol–water partition coefficient (Wildman–Crippen LogP) is 1.75. The predicted molar refractivity (Wildman–Crippen MR) is 90.4 cm³/mol. The number of aromatic nitrogens is 2. The fraction of sp³-hybridized carbons (Fsp3) is 0.688. The van der Waals surface area contributed by atoms with Crippen LogP contribution in [0.2, 0.25) is 0 Å². The first-order chi connectivity index (χ1) is 14.1. The number of rotatable bonds is 4. The van der Waals surface area contributed by atoms with Crippen LogP contribution in [0.25, 0.3) is 0 Å². The molecule has 128 valence electrons. The molecule has 0 radical (unpaired) electrons. The molecule has 23 heavy (non-hydrogen) atoms. The second kappa shape index (κ2) is 6.70. The van der Waals surface area contributed by atoms with Crippen LogP contribution in [0, 0.1) is 5.92 Å². The van der Waals surface area contributed by atoms with Crippen molar-refractivity contribution in [3.05, 3.63) is 11.8 Å². The van der Waals surface area contributed by atoms with Crippen molar-refractivity contribution in [2.24, 2.45) is 11.7 Å². The third kappa shape index (κ3) is 4.79. The van der Waals surface area contributed by atoms with Crippen LogP contribution in [0.3, 0.4) is 0 Å². The number of hydrogen-bond donors (Lipinski definition) is 4. The van der Waals surface area contributed by atoms with Crippen LogP contribution in [0.15, 0.2) is 6.20 Å². The normalized spacial score (nSPS) is 42.1. The third-order valence-corrected chi connectivity index (χ3v) is 2.85. The van der Waals surface area contributed by atoms with E-state index in [1.165, 1.54) is 0 Å². The molecule has 3 unspecified atom stereocenters. The number of aliphatic hydroxyl groups is 1. The first-order valence-electron chi connectivity index (χ1n) is 11.5. The van der Waals surface area contributed by atoms with E-state index in [0.717, 1.165) is 6.20 Å². The van der Waals surface area contributed by atoms with Crippen molar-refractivity contribution in [3.8, 4) is 0 Å². The maximum atomic E-state index is 11.9. The van der Waals surface area contributed by atoms with Gasteiger partial charge in [-0.1, -0.05) is 6.85 Å². The van der Waals surface area contributed by atoms with E-state index in [9.17, 15) is 9.90 Å². The monoisotopic (exact) mass is 330 g/mol. The van der Waals surface area contributed by atoms with E-state index in [-0.39, 0.29) is 11.5 Å². The summed E-state index contributed by atoms with van der Waals surface area (Å²) in [6, 6.07) is -2.81. The lowest BCUT2D eigenvalue weighted by molar-refractivity contribution is 0.0739. The summed E-state index contributed by atoms with van der Waals surface area (Å²) < 4.78 is 72.2. The first kappa shape index (κ1) is 8.82. The zero-order valence-electron chi connectivity index (χ0n) is 22.2. The fourth-order valence-corrected chi connectivity index (χ4v) is 1.84. The number of nitrogens with zero attached hydrogens (tertiary/aromatic N) is 2. The Hall–Kier alpha value is -1.89. The average Bonchev–Trinajstić information content (AvgIpc) is 2.48. The highest BCUT2D eigenvalue weighted by atomic mass is 16.3. The maximum absolute atomic E-state index is 11.9. The largest absolute Gasteiger partial charge is 0.393 e. The van der Waals surface area contributed by atoms with Gasteiger partial charge >= 0.3 is 0 Å². The summed E-state index contributed by atoms with van der Waals surface area (Å²) >= 11 is 0. The Bertz CT molecular complexity index is 901. The Morgan fingerprint density at radius 3 is 2.96 bits per heavy atom. The van der Waals surface area contributed by atoms with E-state index in [4.69, 9.17) is 18.1 Å². The van der Waals surface area contributed by atoms with Gasteiger partial charge in [-0.05, 0) is 45.9 Å². The van der Waals surface area contributed by atoms with E-state index in [2.05, 4.69) is 20.6 Å². The summed E-state index contributed by atoms with van der Waals surface area (Å²) in [7, 11) is 0. The van der Waals surface area contributed by atoms with E-state index in [1.807, 2.05) is 0 Å². The van der Waals surface area contributed by atoms with Crippen molar-refractivity contribution < 1.29 is 22.2 Å². The highest BCUT2D eigenvalue weighted by Gasteiger charge is 2.27. The molecule has 0 bridgehead atoms. The lowest BCUT2D eigenvalue weighted by atomic mass is 9.85. The molecule has 7 nitrogen and oxygen atoms in total. The summed E-state index contributed by atoms with van der Waals surface area (Å²) in [5.74, 6) is -3.93. The Kier molecular flexibility index (Phi) is 2.57. The molecule has 0 aromatic carbocycles. The van der Waals surface area contributed by atoms with Crippen LogP contribution in [0.5, 0.6) is 0 Å². The minimum Gasteiger partial charge on any atom is -0.393 e. The van der Waals surface area contributed by atoms with E-state index in [0.29, 0.717) is 0 Å². The molecule has 1 saturated carbocycles. The molecule has 3 atom stereocenters. The standard InChI is InChI=1S/C16H27N5O2/c1-9-5-6-10(7-12(9)22)19-14-11(13(17)23)8-18-15(20-14)21-16(2,3)4/h8-10,12,22H,5-7H2,1-4H3,(H2,17,23)(H2,18,19,20,21)/i1D3,5D2,7D2,10D,12D. The molecule has 0 saturated heterocycles. The van der Waals surface area contributed by atoms with Gasteiger partial charge in [-0.3, -0.25) is 4.79 Å². The van der Waals surface area contributed by atoms with E-state index < -0.39 is 61.3 Å². The molecule has 1 amide bonds. The van der Waals surface area contributed by atoms with Gasteiger partial charge in [-0.2, -0.15) is 4.98 Å². The van der Waals surface area contributed by atoms with E-state index in [1.54, 1.807) is 20.8 Å². The van der Waals surface area contributed by atoms with Gasteiger partial charge in [0.25, 0.3) is 5.91 Å². The molecular weight excluding hydrogens is 294 g/mol. The molecule has 1 aliphatic rings. The number of anilines is 2. The third-order valence-electron chi connectivity index (χ3n) is 2.85. The number of nitrogens with two attached hydrogens (primary N) is 1. The van der Waals surface area contributed by atoms with Gasteiger partial charge in [-0.15, -0.1) is 0 Å². The van der Waals surface area contributed by atoms with Crippen molar-refractivity contribution in [3.63, 3.8) is 0 Å². The fourth-order valence-electron chi connectivity index (χ4n) is 1.84. The van der Waals surface area contributed by atoms with Crippen molar-refractivity contribution in [2.45, 2.75) is 64.4 Å². The zero-order valence-corrected chi connectivity index (χ0v) is 13.2. The molecule has 0 spiro atoms. The molecule has 1 aliphatic carbocycles. The highest BCUT2D eigenvalue weighted by molar-refractivity contribution is 5.97. The molecule has 7 heteroatoms. The first-order valence-corrected chi connectivity index (χ1v) is 7.01. The van der Waals surface area contributed by atoms with Crippen LogP contribution in [0.1, 0.15) is 69.5 Å². The quantitative estimate of drug-likeness (QED) is 0.669. The average molecular weight is 330 g/mol. The van der Waals surface area contributed by atoms with Gasteiger partial charge in [0.05, 0.1) is 14.4 Å². The van der Waals surface area contributed by atoms with Crippen LogP contribution in [0.4, 0.5) is 11.8 Å². The second-order valence-electron chi connectivity index (χ2n) is 6.12. The number of primary amides is 1. The van der Waals surface area contributed by atoms with Gasteiger partial charge in [0, 0.05) is 27.3 Å².